The number of nitrogens with one attached hydrogen (secondary N) is 1. The Balaban J connectivity index is 1.50. The molecule has 2 aliphatic rings. The van der Waals surface area contributed by atoms with Crippen molar-refractivity contribution in [2.24, 2.45) is 5.41 Å². The fraction of sp³-hybridized carbons (Fsp3) is 0.625. The van der Waals surface area contributed by atoms with Crippen LogP contribution in [0.25, 0.3) is 0 Å². The number of hydrogen-bond donors (Lipinski definition) is 1. The van der Waals surface area contributed by atoms with Crippen LogP contribution in [0.4, 0.5) is 4.39 Å². The molecule has 2 saturated heterocycles. The molecule has 0 bridgehead atoms. The summed E-state index contributed by atoms with van der Waals surface area (Å²) in [6.07, 6.45) is 5.06. The standard InChI is InChI=1S/C16H23FN2/c17-15-3-1-14(2-4-15)5-11-19-12-8-16(13-19)6-9-18-10-7-16/h1-4,18H,5-13H2. The van der Waals surface area contributed by atoms with E-state index in [-0.39, 0.29) is 5.82 Å². The van der Waals surface area contributed by atoms with E-state index < -0.39 is 0 Å². The maximum atomic E-state index is 12.9. The molecule has 1 aromatic carbocycles. The Morgan fingerprint density at radius 3 is 2.58 bits per heavy atom. The van der Waals surface area contributed by atoms with Gasteiger partial charge in [-0.15, -0.1) is 0 Å². The van der Waals surface area contributed by atoms with Crippen molar-refractivity contribution in [3.8, 4) is 0 Å². The molecule has 19 heavy (non-hydrogen) atoms. The third kappa shape index (κ3) is 3.15. The molecule has 1 N–H and O–H groups in total. The summed E-state index contributed by atoms with van der Waals surface area (Å²) < 4.78 is 12.9. The molecular weight excluding hydrogens is 239 g/mol. The molecule has 0 saturated carbocycles. The van der Waals surface area contributed by atoms with Gasteiger partial charge >= 0.3 is 0 Å². The topological polar surface area (TPSA) is 15.3 Å². The number of hydrogen-bond acceptors (Lipinski definition) is 2. The van der Waals surface area contributed by atoms with E-state index in [9.17, 15) is 4.39 Å². The minimum Gasteiger partial charge on any atom is -0.317 e. The summed E-state index contributed by atoms with van der Waals surface area (Å²) in [7, 11) is 0. The van der Waals surface area contributed by atoms with E-state index in [4.69, 9.17) is 0 Å². The van der Waals surface area contributed by atoms with Crippen molar-refractivity contribution < 1.29 is 4.39 Å². The Morgan fingerprint density at radius 2 is 1.84 bits per heavy atom. The van der Waals surface area contributed by atoms with Crippen molar-refractivity contribution in [3.63, 3.8) is 0 Å². The van der Waals surface area contributed by atoms with E-state index in [1.54, 1.807) is 12.1 Å². The normalized spacial score (nSPS) is 23.0. The Bertz CT molecular complexity index is 409. The first-order valence-electron chi connectivity index (χ1n) is 7.43. The molecule has 0 amide bonds. The number of benzene rings is 1. The van der Waals surface area contributed by atoms with Gasteiger partial charge in [0.1, 0.15) is 5.82 Å². The van der Waals surface area contributed by atoms with Gasteiger partial charge in [-0.3, -0.25) is 0 Å². The van der Waals surface area contributed by atoms with Gasteiger partial charge in [0.2, 0.25) is 0 Å². The van der Waals surface area contributed by atoms with Gasteiger partial charge < -0.3 is 10.2 Å². The fourth-order valence-corrected chi connectivity index (χ4v) is 3.52. The van der Waals surface area contributed by atoms with E-state index in [1.165, 1.54) is 51.0 Å². The summed E-state index contributed by atoms with van der Waals surface area (Å²) in [5, 5.41) is 3.46. The van der Waals surface area contributed by atoms with Gasteiger partial charge in [0.25, 0.3) is 0 Å². The zero-order valence-corrected chi connectivity index (χ0v) is 11.5. The highest BCUT2D eigenvalue weighted by molar-refractivity contribution is 5.16. The fourth-order valence-electron chi connectivity index (χ4n) is 3.52. The molecule has 0 aromatic heterocycles. The minimum atomic E-state index is -0.140. The first-order valence-corrected chi connectivity index (χ1v) is 7.43. The summed E-state index contributed by atoms with van der Waals surface area (Å²) in [5.41, 5.74) is 1.83. The van der Waals surface area contributed by atoms with Crippen LogP contribution in [0.3, 0.4) is 0 Å². The highest BCUT2D eigenvalue weighted by Crippen LogP contribution is 2.38. The molecule has 1 spiro atoms. The SMILES string of the molecule is Fc1ccc(CCN2CCC3(CCNCC3)C2)cc1. The predicted molar refractivity (Wildman–Crippen MR) is 75.7 cm³/mol. The summed E-state index contributed by atoms with van der Waals surface area (Å²) >= 11 is 0. The zero-order valence-electron chi connectivity index (χ0n) is 11.5. The summed E-state index contributed by atoms with van der Waals surface area (Å²) in [6, 6.07) is 6.94. The number of rotatable bonds is 3. The van der Waals surface area contributed by atoms with Crippen LogP contribution >= 0.6 is 0 Å². The van der Waals surface area contributed by atoms with Gasteiger partial charge in [-0.05, 0) is 68.4 Å². The molecule has 2 nitrogen and oxygen atoms in total. The average Bonchev–Trinajstić information content (AvgIpc) is 2.82. The van der Waals surface area contributed by atoms with Crippen molar-refractivity contribution in [1.29, 1.82) is 0 Å². The molecule has 2 aliphatic heterocycles. The van der Waals surface area contributed by atoms with Crippen LogP contribution in [0.1, 0.15) is 24.8 Å². The van der Waals surface area contributed by atoms with Crippen LogP contribution in [0, 0.1) is 11.2 Å². The van der Waals surface area contributed by atoms with Crippen molar-refractivity contribution in [2.75, 3.05) is 32.7 Å². The number of nitrogens with zero attached hydrogens (tertiary/aromatic N) is 1. The van der Waals surface area contributed by atoms with E-state index in [1.807, 2.05) is 12.1 Å². The average molecular weight is 262 g/mol. The largest absolute Gasteiger partial charge is 0.317 e. The van der Waals surface area contributed by atoms with Gasteiger partial charge in [-0.1, -0.05) is 12.1 Å². The van der Waals surface area contributed by atoms with Gasteiger partial charge in [0.15, 0.2) is 0 Å². The third-order valence-corrected chi connectivity index (χ3v) is 4.81. The number of piperidine rings is 1. The molecule has 0 atom stereocenters. The summed E-state index contributed by atoms with van der Waals surface area (Å²) in [4.78, 5) is 2.59. The molecular formula is C16H23FN2. The third-order valence-electron chi connectivity index (χ3n) is 4.81. The number of likely N-dealkylation sites (tertiary alicyclic amines) is 1. The highest BCUT2D eigenvalue weighted by Gasteiger charge is 2.38. The molecule has 0 aliphatic carbocycles. The van der Waals surface area contributed by atoms with E-state index in [0.717, 1.165) is 13.0 Å². The Kier molecular flexibility index (Phi) is 3.85. The van der Waals surface area contributed by atoms with Gasteiger partial charge in [-0.25, -0.2) is 4.39 Å². The lowest BCUT2D eigenvalue weighted by Gasteiger charge is -2.33. The smallest absolute Gasteiger partial charge is 0.123 e. The van der Waals surface area contributed by atoms with Crippen LogP contribution in [0.2, 0.25) is 0 Å². The predicted octanol–water partition coefficient (Wildman–Crippen LogP) is 2.44. The maximum absolute atomic E-state index is 12.9. The van der Waals surface area contributed by atoms with Gasteiger partial charge in [0, 0.05) is 13.1 Å². The second kappa shape index (κ2) is 5.59. The second-order valence-electron chi connectivity index (χ2n) is 6.15. The van der Waals surface area contributed by atoms with Crippen molar-refractivity contribution in [2.45, 2.75) is 25.7 Å². The molecule has 3 heteroatoms. The highest BCUT2D eigenvalue weighted by atomic mass is 19.1. The van der Waals surface area contributed by atoms with Crippen LogP contribution in [-0.4, -0.2) is 37.6 Å². The lowest BCUT2D eigenvalue weighted by Crippen LogP contribution is -2.38. The van der Waals surface area contributed by atoms with Crippen LogP contribution in [-0.2, 0) is 6.42 Å². The molecule has 2 heterocycles. The van der Waals surface area contributed by atoms with Gasteiger partial charge in [-0.2, -0.15) is 0 Å². The van der Waals surface area contributed by atoms with Crippen molar-refractivity contribution >= 4 is 0 Å². The summed E-state index contributed by atoms with van der Waals surface area (Å²) in [5.74, 6) is -0.140. The maximum Gasteiger partial charge on any atom is 0.123 e. The number of halogens is 1. The van der Waals surface area contributed by atoms with Crippen LogP contribution in [0.15, 0.2) is 24.3 Å². The first kappa shape index (κ1) is 13.1. The Hall–Kier alpha value is -0.930. The molecule has 1 aromatic rings. The Morgan fingerprint density at radius 1 is 1.11 bits per heavy atom. The Labute approximate surface area is 115 Å². The monoisotopic (exact) mass is 262 g/mol. The van der Waals surface area contributed by atoms with Crippen molar-refractivity contribution in [1.82, 2.24) is 10.2 Å². The lowest BCUT2D eigenvalue weighted by molar-refractivity contribution is 0.197. The van der Waals surface area contributed by atoms with Crippen LogP contribution in [0.5, 0.6) is 0 Å². The lowest BCUT2D eigenvalue weighted by atomic mass is 9.78. The second-order valence-corrected chi connectivity index (χ2v) is 6.15. The quantitative estimate of drug-likeness (QED) is 0.900. The first-order chi connectivity index (χ1) is 9.26. The molecule has 2 fully saturated rings. The van der Waals surface area contributed by atoms with E-state index in [2.05, 4.69) is 10.2 Å². The van der Waals surface area contributed by atoms with E-state index in [0.29, 0.717) is 5.41 Å². The summed E-state index contributed by atoms with van der Waals surface area (Å²) in [6.45, 7) is 5.98. The molecule has 0 unspecified atom stereocenters. The van der Waals surface area contributed by atoms with Crippen molar-refractivity contribution in [3.05, 3.63) is 35.6 Å². The van der Waals surface area contributed by atoms with E-state index >= 15 is 0 Å². The molecule has 104 valence electrons. The minimum absolute atomic E-state index is 0.140. The van der Waals surface area contributed by atoms with Crippen LogP contribution < -0.4 is 5.32 Å². The van der Waals surface area contributed by atoms with Gasteiger partial charge in [0.05, 0.1) is 0 Å². The molecule has 3 rings (SSSR count). The molecule has 0 radical (unpaired) electrons. The zero-order chi connectivity index (χ0) is 13.1.